The van der Waals surface area contributed by atoms with Gasteiger partial charge in [0.05, 0.1) is 10.0 Å². The van der Waals surface area contributed by atoms with E-state index in [4.69, 9.17) is 32.7 Å². The summed E-state index contributed by atoms with van der Waals surface area (Å²) in [7, 11) is 0. The minimum Gasteiger partial charge on any atom is -0.486 e. The Balaban J connectivity index is 1.77. The second kappa shape index (κ2) is 12.3. The number of aryl methyl sites for hydroxylation is 1. The van der Waals surface area contributed by atoms with Crippen LogP contribution in [0.25, 0.3) is 0 Å². The Morgan fingerprint density at radius 3 is 2.38 bits per heavy atom. The third kappa shape index (κ3) is 7.03. The first-order valence-electron chi connectivity index (χ1n) is 11.7. The van der Waals surface area contributed by atoms with E-state index in [0.717, 1.165) is 16.9 Å². The first-order valence-corrected chi connectivity index (χ1v) is 12.4. The van der Waals surface area contributed by atoms with Crippen LogP contribution in [0.1, 0.15) is 44.7 Å². The van der Waals surface area contributed by atoms with Crippen molar-refractivity contribution in [2.24, 2.45) is 5.92 Å². The van der Waals surface area contributed by atoms with Crippen LogP contribution >= 0.6 is 23.2 Å². The normalized spacial score (nSPS) is 13.5. The Labute approximate surface area is 211 Å². The average Bonchev–Trinajstić information content (AvgIpc) is 2.83. The molecule has 1 atom stereocenters. The number of nitrogens with one attached hydrogen (secondary N) is 1. The van der Waals surface area contributed by atoms with Gasteiger partial charge in [0.15, 0.2) is 11.5 Å². The minimum absolute atomic E-state index is 0.104. The van der Waals surface area contributed by atoms with Crippen LogP contribution in [0.5, 0.6) is 11.5 Å². The minimum atomic E-state index is -0.582. The summed E-state index contributed by atoms with van der Waals surface area (Å²) < 4.78 is 11.2. The molecule has 1 aliphatic heterocycles. The first-order chi connectivity index (χ1) is 16.3. The van der Waals surface area contributed by atoms with Gasteiger partial charge in [-0.15, -0.1) is 0 Å². The number of nitrogens with zero attached hydrogens (tertiary/aromatic N) is 1. The number of hydrogen-bond donors (Lipinski definition) is 1. The van der Waals surface area contributed by atoms with Gasteiger partial charge in [-0.1, -0.05) is 56.1 Å². The maximum Gasteiger partial charge on any atom is 0.242 e. The third-order valence-electron chi connectivity index (χ3n) is 5.64. The van der Waals surface area contributed by atoms with Crippen molar-refractivity contribution in [1.82, 2.24) is 10.2 Å². The summed E-state index contributed by atoms with van der Waals surface area (Å²) in [5.41, 5.74) is 1.79. The number of ether oxygens (including phenoxy) is 2. The molecule has 3 rings (SSSR count). The third-order valence-corrected chi connectivity index (χ3v) is 6.38. The second-order valence-electron chi connectivity index (χ2n) is 8.81. The zero-order valence-electron chi connectivity index (χ0n) is 19.9. The van der Waals surface area contributed by atoms with Crippen molar-refractivity contribution in [3.05, 3.63) is 57.6 Å². The topological polar surface area (TPSA) is 67.9 Å². The number of benzene rings is 2. The number of amides is 2. The molecule has 0 aromatic heterocycles. The Kier molecular flexibility index (Phi) is 9.48. The highest BCUT2D eigenvalue weighted by Gasteiger charge is 2.28. The van der Waals surface area contributed by atoms with E-state index in [1.165, 1.54) is 0 Å². The van der Waals surface area contributed by atoms with Crippen molar-refractivity contribution in [1.29, 1.82) is 0 Å². The van der Waals surface area contributed by atoms with Gasteiger partial charge in [-0.2, -0.15) is 0 Å². The van der Waals surface area contributed by atoms with Crippen molar-refractivity contribution in [2.75, 3.05) is 19.8 Å². The summed E-state index contributed by atoms with van der Waals surface area (Å²) in [6, 6.07) is 10.4. The molecule has 0 fully saturated rings. The fourth-order valence-corrected chi connectivity index (χ4v) is 4.14. The molecule has 0 saturated carbocycles. The van der Waals surface area contributed by atoms with E-state index >= 15 is 0 Å². The molecule has 0 radical (unpaired) electrons. The lowest BCUT2D eigenvalue weighted by molar-refractivity contribution is -0.141. The highest BCUT2D eigenvalue weighted by molar-refractivity contribution is 6.42. The summed E-state index contributed by atoms with van der Waals surface area (Å²) in [5, 5.41) is 3.84. The van der Waals surface area contributed by atoms with E-state index in [1.807, 2.05) is 45.0 Å². The Morgan fingerprint density at radius 2 is 1.71 bits per heavy atom. The van der Waals surface area contributed by atoms with Crippen molar-refractivity contribution >= 4 is 35.0 Å². The van der Waals surface area contributed by atoms with Crippen LogP contribution in [-0.2, 0) is 22.6 Å². The second-order valence-corrected chi connectivity index (χ2v) is 9.63. The average molecular weight is 507 g/mol. The summed E-state index contributed by atoms with van der Waals surface area (Å²) in [6.45, 7) is 7.85. The van der Waals surface area contributed by atoms with E-state index in [0.29, 0.717) is 54.3 Å². The molecule has 2 aromatic rings. The predicted octanol–water partition coefficient (Wildman–Crippen LogP) is 5.28. The fourth-order valence-electron chi connectivity index (χ4n) is 3.81. The van der Waals surface area contributed by atoms with E-state index in [-0.39, 0.29) is 24.8 Å². The van der Waals surface area contributed by atoms with Gasteiger partial charge in [-0.3, -0.25) is 9.59 Å². The Morgan fingerprint density at radius 1 is 1.00 bits per heavy atom. The smallest absolute Gasteiger partial charge is 0.242 e. The van der Waals surface area contributed by atoms with E-state index in [9.17, 15) is 9.59 Å². The van der Waals surface area contributed by atoms with E-state index < -0.39 is 6.04 Å². The van der Waals surface area contributed by atoms with Gasteiger partial charge in [0.1, 0.15) is 19.3 Å². The first kappa shape index (κ1) is 26.2. The summed E-state index contributed by atoms with van der Waals surface area (Å²) in [5.74, 6) is 1.48. The molecule has 2 aromatic carbocycles. The molecule has 8 heteroatoms. The molecule has 0 saturated heterocycles. The van der Waals surface area contributed by atoms with Gasteiger partial charge < -0.3 is 19.7 Å². The van der Waals surface area contributed by atoms with Crippen molar-refractivity contribution in [2.45, 2.75) is 52.6 Å². The molecule has 34 heavy (non-hydrogen) atoms. The molecule has 184 valence electrons. The monoisotopic (exact) mass is 506 g/mol. The van der Waals surface area contributed by atoms with Gasteiger partial charge in [-0.05, 0) is 54.2 Å². The van der Waals surface area contributed by atoms with Gasteiger partial charge in [0, 0.05) is 19.5 Å². The highest BCUT2D eigenvalue weighted by atomic mass is 35.5. The number of carbonyl (C=O) groups is 2. The zero-order chi connectivity index (χ0) is 24.7. The summed E-state index contributed by atoms with van der Waals surface area (Å²) >= 11 is 12.3. The molecule has 0 spiro atoms. The van der Waals surface area contributed by atoms with Crippen LogP contribution in [0, 0.1) is 5.92 Å². The molecule has 1 N–H and O–H groups in total. The molecule has 0 bridgehead atoms. The van der Waals surface area contributed by atoms with Gasteiger partial charge >= 0.3 is 0 Å². The Bertz CT molecular complexity index is 1010. The number of hydrogen-bond acceptors (Lipinski definition) is 4. The highest BCUT2D eigenvalue weighted by Crippen LogP contribution is 2.31. The number of rotatable bonds is 10. The molecule has 2 amide bonds. The molecule has 6 nitrogen and oxygen atoms in total. The number of carbonyl (C=O) groups excluding carboxylic acids is 2. The number of fused-ring (bicyclic) bond motifs is 1. The summed E-state index contributed by atoms with van der Waals surface area (Å²) in [6.07, 6.45) is 1.29. The van der Waals surface area contributed by atoms with Crippen LogP contribution in [-0.4, -0.2) is 42.5 Å². The molecular weight excluding hydrogens is 475 g/mol. The van der Waals surface area contributed by atoms with Crippen molar-refractivity contribution in [3.63, 3.8) is 0 Å². The molecule has 0 unspecified atom stereocenters. The van der Waals surface area contributed by atoms with Crippen molar-refractivity contribution < 1.29 is 19.1 Å². The van der Waals surface area contributed by atoms with E-state index in [1.54, 1.807) is 17.0 Å². The van der Waals surface area contributed by atoms with Crippen LogP contribution in [0.4, 0.5) is 0 Å². The van der Waals surface area contributed by atoms with Crippen molar-refractivity contribution in [3.8, 4) is 11.5 Å². The predicted molar refractivity (Wildman–Crippen MR) is 135 cm³/mol. The molecule has 1 aliphatic rings. The molecule has 1 heterocycles. The summed E-state index contributed by atoms with van der Waals surface area (Å²) in [4.78, 5) is 28.1. The van der Waals surface area contributed by atoms with Gasteiger partial charge in [-0.25, -0.2) is 0 Å². The Hall–Kier alpha value is -2.44. The lowest BCUT2D eigenvalue weighted by Gasteiger charge is -2.31. The SMILES string of the molecule is CC[C@@H](C(=O)NCC(C)C)N(Cc1ccc(Cl)c(Cl)c1)C(=O)CCc1ccc2c(c1)OCCO2. The quantitative estimate of drug-likeness (QED) is 0.476. The maximum atomic E-state index is 13.4. The maximum absolute atomic E-state index is 13.4. The zero-order valence-corrected chi connectivity index (χ0v) is 21.4. The lowest BCUT2D eigenvalue weighted by Crippen LogP contribution is -2.49. The largest absolute Gasteiger partial charge is 0.486 e. The fraction of sp³-hybridized carbons (Fsp3) is 0.462. The molecule has 0 aliphatic carbocycles. The van der Waals surface area contributed by atoms with Crippen LogP contribution in [0.15, 0.2) is 36.4 Å². The van der Waals surface area contributed by atoms with Gasteiger partial charge in [0.25, 0.3) is 0 Å². The van der Waals surface area contributed by atoms with Crippen LogP contribution in [0.3, 0.4) is 0 Å². The molecular formula is C26H32Cl2N2O4. The van der Waals surface area contributed by atoms with Crippen LogP contribution in [0.2, 0.25) is 10.0 Å². The standard InChI is InChI=1S/C26H32Cl2N2O4/c1-4-22(26(32)29-15-17(2)3)30(16-19-5-8-20(27)21(28)13-19)25(31)10-7-18-6-9-23-24(14-18)34-12-11-33-23/h5-6,8-9,13-14,17,22H,4,7,10-12,15-16H2,1-3H3,(H,29,32)/t22-/m0/s1. The van der Waals surface area contributed by atoms with Crippen LogP contribution < -0.4 is 14.8 Å². The van der Waals surface area contributed by atoms with Gasteiger partial charge in [0.2, 0.25) is 11.8 Å². The lowest BCUT2D eigenvalue weighted by atomic mass is 10.1. The number of halogens is 2. The van der Waals surface area contributed by atoms with E-state index in [2.05, 4.69) is 5.32 Å².